The Morgan fingerprint density at radius 2 is 1.82 bits per heavy atom. The van der Waals surface area contributed by atoms with Crippen LogP contribution in [0.1, 0.15) is 49.9 Å². The van der Waals surface area contributed by atoms with E-state index in [-0.39, 0.29) is 23.6 Å². The zero-order chi connectivity index (χ0) is 21.2. The summed E-state index contributed by atoms with van der Waals surface area (Å²) in [4.78, 5) is 22.2. The minimum absolute atomic E-state index is 0.250. The number of amides is 2. The van der Waals surface area contributed by atoms with Crippen molar-refractivity contribution in [2.24, 2.45) is 5.73 Å². The predicted octanol–water partition coefficient (Wildman–Crippen LogP) is 4.86. The molecule has 3 N–H and O–H groups in total. The van der Waals surface area contributed by atoms with Crippen LogP contribution in [-0.4, -0.2) is 18.7 Å². The van der Waals surface area contributed by atoms with Gasteiger partial charge in [0.1, 0.15) is 5.75 Å². The SMILES string of the molecule is CC(C)=C(NC(=O)c1ccc(OC(F)(F)F)cc1)SC1=CCCCC1.NC=O. The second-order valence-electron chi connectivity index (χ2n) is 6.01. The molecule has 2 amide bonds. The molecule has 0 heterocycles. The molecule has 0 bridgehead atoms. The van der Waals surface area contributed by atoms with Crippen LogP contribution in [0.2, 0.25) is 0 Å². The van der Waals surface area contributed by atoms with Gasteiger partial charge in [0, 0.05) is 5.56 Å². The maximum absolute atomic E-state index is 12.4. The van der Waals surface area contributed by atoms with Gasteiger partial charge >= 0.3 is 6.36 Å². The first-order chi connectivity index (χ1) is 13.2. The fourth-order valence-corrected chi connectivity index (χ4v) is 3.33. The minimum Gasteiger partial charge on any atom is -0.406 e. The topological polar surface area (TPSA) is 81.4 Å². The predicted molar refractivity (Wildman–Crippen MR) is 103 cm³/mol. The van der Waals surface area contributed by atoms with Crippen molar-refractivity contribution < 1.29 is 27.5 Å². The Bertz CT molecular complexity index is 725. The molecule has 0 atom stereocenters. The van der Waals surface area contributed by atoms with Gasteiger partial charge in [0.25, 0.3) is 5.91 Å². The summed E-state index contributed by atoms with van der Waals surface area (Å²) in [5.41, 5.74) is 5.41. The van der Waals surface area contributed by atoms with Crippen molar-refractivity contribution in [1.29, 1.82) is 0 Å². The monoisotopic (exact) mass is 416 g/mol. The minimum atomic E-state index is -4.75. The first-order valence-electron chi connectivity index (χ1n) is 8.53. The summed E-state index contributed by atoms with van der Waals surface area (Å²) in [6, 6.07) is 4.87. The molecule has 0 spiro atoms. The first kappa shape index (κ1) is 23.6. The van der Waals surface area contributed by atoms with Gasteiger partial charge in [0.05, 0.1) is 5.03 Å². The van der Waals surface area contributed by atoms with Gasteiger partial charge in [-0.15, -0.1) is 13.2 Å². The molecule has 5 nitrogen and oxygen atoms in total. The van der Waals surface area contributed by atoms with Crippen molar-refractivity contribution in [2.75, 3.05) is 0 Å². The summed E-state index contributed by atoms with van der Waals surface area (Å²) in [6.45, 7) is 3.82. The molecule has 154 valence electrons. The van der Waals surface area contributed by atoms with Crippen LogP contribution in [-0.2, 0) is 4.79 Å². The van der Waals surface area contributed by atoms with E-state index in [4.69, 9.17) is 4.79 Å². The lowest BCUT2D eigenvalue weighted by molar-refractivity contribution is -0.274. The molecule has 1 aliphatic rings. The van der Waals surface area contributed by atoms with Crippen molar-refractivity contribution in [3.05, 3.63) is 51.4 Å². The highest BCUT2D eigenvalue weighted by Gasteiger charge is 2.31. The molecule has 1 aromatic carbocycles. The normalized spacial score (nSPS) is 13.4. The van der Waals surface area contributed by atoms with E-state index in [2.05, 4.69) is 21.9 Å². The van der Waals surface area contributed by atoms with Crippen molar-refractivity contribution in [3.63, 3.8) is 0 Å². The maximum Gasteiger partial charge on any atom is 0.573 e. The molecule has 0 saturated carbocycles. The van der Waals surface area contributed by atoms with Crippen LogP contribution in [0, 0.1) is 0 Å². The number of alkyl halides is 3. The molecule has 1 aromatic rings. The van der Waals surface area contributed by atoms with E-state index in [1.807, 2.05) is 13.8 Å². The van der Waals surface area contributed by atoms with Gasteiger partial charge in [0.15, 0.2) is 0 Å². The number of nitrogens with two attached hydrogens (primary N) is 1. The number of allylic oxidation sites excluding steroid dienone is 3. The number of halogens is 3. The Kier molecular flexibility index (Phi) is 9.64. The van der Waals surface area contributed by atoms with E-state index in [1.54, 1.807) is 11.8 Å². The number of nitrogens with one attached hydrogen (secondary N) is 1. The number of rotatable bonds is 5. The van der Waals surface area contributed by atoms with Crippen molar-refractivity contribution in [3.8, 4) is 5.75 Å². The molecular weight excluding hydrogens is 393 g/mol. The zero-order valence-corrected chi connectivity index (χ0v) is 16.5. The number of thioether (sulfide) groups is 1. The molecule has 2 rings (SSSR count). The highest BCUT2D eigenvalue weighted by Crippen LogP contribution is 2.33. The Hall–Kier alpha value is -2.42. The summed E-state index contributed by atoms with van der Waals surface area (Å²) in [7, 11) is 0. The molecule has 0 unspecified atom stereocenters. The summed E-state index contributed by atoms with van der Waals surface area (Å²) in [6.07, 6.45) is 2.07. The van der Waals surface area contributed by atoms with Gasteiger partial charge in [-0.25, -0.2) is 0 Å². The highest BCUT2D eigenvalue weighted by atomic mass is 32.2. The van der Waals surface area contributed by atoms with Crippen molar-refractivity contribution in [2.45, 2.75) is 45.9 Å². The highest BCUT2D eigenvalue weighted by molar-refractivity contribution is 8.06. The lowest BCUT2D eigenvalue weighted by Crippen LogP contribution is -2.22. The Balaban J connectivity index is 0.00000122. The quantitative estimate of drug-likeness (QED) is 0.672. The number of hydrogen-bond donors (Lipinski definition) is 2. The fourth-order valence-electron chi connectivity index (χ4n) is 2.27. The van der Waals surface area contributed by atoms with E-state index in [1.165, 1.54) is 23.5 Å². The number of carbonyl (C=O) groups is 2. The molecule has 28 heavy (non-hydrogen) atoms. The molecule has 9 heteroatoms. The standard InChI is InChI=1S/C18H20F3NO2S.CH3NO/c1-12(2)17(25-15-6-4-3-5-7-15)22-16(23)13-8-10-14(11-9-13)24-18(19,20)21;2-1-3/h6,8-11H,3-5,7H2,1-2H3,(H,22,23);1H,(H2,2,3). The number of carbonyl (C=O) groups excluding carboxylic acids is 2. The first-order valence-corrected chi connectivity index (χ1v) is 9.34. The van der Waals surface area contributed by atoms with Crippen LogP contribution in [0.25, 0.3) is 0 Å². The molecular formula is C19H23F3N2O3S. The largest absolute Gasteiger partial charge is 0.573 e. The van der Waals surface area contributed by atoms with E-state index in [9.17, 15) is 18.0 Å². The summed E-state index contributed by atoms with van der Waals surface area (Å²) in [5, 5.41) is 3.61. The molecule has 0 saturated heterocycles. The van der Waals surface area contributed by atoms with Gasteiger partial charge < -0.3 is 15.8 Å². The molecule has 0 radical (unpaired) electrons. The average molecular weight is 416 g/mol. The summed E-state index contributed by atoms with van der Waals surface area (Å²) in [5.74, 6) is -0.716. The van der Waals surface area contributed by atoms with Crippen molar-refractivity contribution >= 4 is 24.1 Å². The lowest BCUT2D eigenvalue weighted by Gasteiger charge is -2.16. The Labute approximate surface area is 166 Å². The summed E-state index contributed by atoms with van der Waals surface area (Å²) < 4.78 is 40.3. The smallest absolute Gasteiger partial charge is 0.406 e. The average Bonchev–Trinajstić information content (AvgIpc) is 2.62. The Morgan fingerprint density at radius 3 is 2.29 bits per heavy atom. The van der Waals surface area contributed by atoms with Crippen LogP contribution in [0.15, 0.2) is 45.8 Å². The third kappa shape index (κ3) is 8.98. The lowest BCUT2D eigenvalue weighted by atomic mass is 10.1. The fraction of sp³-hybridized carbons (Fsp3) is 0.368. The van der Waals surface area contributed by atoms with Gasteiger partial charge in [-0.1, -0.05) is 17.8 Å². The van der Waals surface area contributed by atoms with E-state index >= 15 is 0 Å². The maximum atomic E-state index is 12.4. The van der Waals surface area contributed by atoms with Crippen LogP contribution in [0.5, 0.6) is 5.75 Å². The van der Waals surface area contributed by atoms with Gasteiger partial charge in [0.2, 0.25) is 6.41 Å². The Morgan fingerprint density at radius 1 is 1.21 bits per heavy atom. The van der Waals surface area contributed by atoms with Gasteiger partial charge in [-0.3, -0.25) is 9.59 Å². The zero-order valence-electron chi connectivity index (χ0n) is 15.6. The number of primary amides is 1. The van der Waals surface area contributed by atoms with Crippen LogP contribution in [0.4, 0.5) is 13.2 Å². The van der Waals surface area contributed by atoms with Gasteiger partial charge in [-0.05, 0) is 74.3 Å². The second-order valence-corrected chi connectivity index (χ2v) is 7.15. The number of ether oxygens (including phenoxy) is 1. The van der Waals surface area contributed by atoms with Crippen molar-refractivity contribution in [1.82, 2.24) is 5.32 Å². The second kappa shape index (κ2) is 11.4. The van der Waals surface area contributed by atoms with Gasteiger partial charge in [-0.2, -0.15) is 0 Å². The third-order valence-electron chi connectivity index (χ3n) is 3.51. The third-order valence-corrected chi connectivity index (χ3v) is 4.86. The number of benzene rings is 1. The number of hydrogen-bond acceptors (Lipinski definition) is 4. The van der Waals surface area contributed by atoms with Crippen LogP contribution >= 0.6 is 11.8 Å². The van der Waals surface area contributed by atoms with E-state index < -0.39 is 6.36 Å². The summed E-state index contributed by atoms with van der Waals surface area (Å²) >= 11 is 1.54. The van der Waals surface area contributed by atoms with E-state index in [0.717, 1.165) is 42.0 Å². The molecule has 0 aliphatic heterocycles. The molecule has 0 fully saturated rings. The van der Waals surface area contributed by atoms with Crippen LogP contribution < -0.4 is 15.8 Å². The molecule has 1 aliphatic carbocycles. The molecule has 0 aromatic heterocycles. The van der Waals surface area contributed by atoms with E-state index in [0.29, 0.717) is 0 Å². The van der Waals surface area contributed by atoms with Crippen LogP contribution in [0.3, 0.4) is 0 Å².